The second-order valence-electron chi connectivity index (χ2n) is 3.10. The molecule has 0 spiro atoms. The summed E-state index contributed by atoms with van der Waals surface area (Å²) in [4.78, 5) is 3.74. The van der Waals surface area contributed by atoms with Crippen LogP contribution in [0.25, 0.3) is 0 Å². The zero-order valence-corrected chi connectivity index (χ0v) is 9.72. The zero-order valence-electron chi connectivity index (χ0n) is 8.14. The first-order valence-electron chi connectivity index (χ1n) is 4.28. The SMILES string of the molecule is C[C@@H](CN)NS(=O)(=O)c1cncc(Cl)c1. The van der Waals surface area contributed by atoms with Gasteiger partial charge in [0.25, 0.3) is 0 Å². The van der Waals surface area contributed by atoms with Gasteiger partial charge in [0.2, 0.25) is 10.0 Å². The molecule has 1 heterocycles. The van der Waals surface area contributed by atoms with Gasteiger partial charge in [0.1, 0.15) is 4.90 Å². The van der Waals surface area contributed by atoms with Gasteiger partial charge in [-0.15, -0.1) is 0 Å². The Kier molecular flexibility index (Phi) is 4.04. The van der Waals surface area contributed by atoms with Gasteiger partial charge in [0.15, 0.2) is 0 Å². The highest BCUT2D eigenvalue weighted by Crippen LogP contribution is 2.13. The third kappa shape index (κ3) is 3.42. The highest BCUT2D eigenvalue weighted by atomic mass is 35.5. The molecule has 3 N–H and O–H groups in total. The van der Waals surface area contributed by atoms with Crippen molar-refractivity contribution in [3.8, 4) is 0 Å². The number of halogens is 1. The Labute approximate surface area is 93.7 Å². The average molecular weight is 250 g/mol. The smallest absolute Gasteiger partial charge is 0.242 e. The first-order valence-corrected chi connectivity index (χ1v) is 6.15. The zero-order chi connectivity index (χ0) is 11.5. The lowest BCUT2D eigenvalue weighted by Crippen LogP contribution is -2.37. The Morgan fingerprint density at radius 2 is 2.27 bits per heavy atom. The fourth-order valence-electron chi connectivity index (χ4n) is 0.920. The molecule has 0 saturated heterocycles. The number of nitrogens with one attached hydrogen (secondary N) is 1. The van der Waals surface area contributed by atoms with Crippen LogP contribution in [-0.2, 0) is 10.0 Å². The largest absolute Gasteiger partial charge is 0.329 e. The molecule has 0 aliphatic rings. The number of sulfonamides is 1. The maximum absolute atomic E-state index is 11.7. The van der Waals surface area contributed by atoms with E-state index in [1.54, 1.807) is 6.92 Å². The van der Waals surface area contributed by atoms with E-state index < -0.39 is 10.0 Å². The van der Waals surface area contributed by atoms with Gasteiger partial charge in [-0.05, 0) is 13.0 Å². The van der Waals surface area contributed by atoms with E-state index in [9.17, 15) is 8.42 Å². The standard InChI is InChI=1S/C8H12ClN3O2S/c1-6(3-10)12-15(13,14)8-2-7(9)4-11-5-8/h2,4-6,12H,3,10H2,1H3/t6-/m0/s1. The molecular formula is C8H12ClN3O2S. The summed E-state index contributed by atoms with van der Waals surface area (Å²) >= 11 is 5.64. The third-order valence-electron chi connectivity index (χ3n) is 1.70. The first kappa shape index (κ1) is 12.4. The Balaban J connectivity index is 2.96. The molecule has 0 aliphatic heterocycles. The molecule has 0 bridgehead atoms. The van der Waals surface area contributed by atoms with E-state index in [1.165, 1.54) is 18.5 Å². The van der Waals surface area contributed by atoms with E-state index >= 15 is 0 Å². The molecule has 7 heteroatoms. The third-order valence-corrected chi connectivity index (χ3v) is 3.46. The highest BCUT2D eigenvalue weighted by molar-refractivity contribution is 7.89. The van der Waals surface area contributed by atoms with Gasteiger partial charge in [-0.25, -0.2) is 13.1 Å². The van der Waals surface area contributed by atoms with Crippen molar-refractivity contribution in [2.75, 3.05) is 6.54 Å². The predicted octanol–water partition coefficient (Wildman–Crippen LogP) is 0.361. The molecule has 0 aromatic carbocycles. The molecule has 0 amide bonds. The summed E-state index contributed by atoms with van der Waals surface area (Å²) < 4.78 is 25.8. The van der Waals surface area contributed by atoms with Crippen LogP contribution >= 0.6 is 11.6 Å². The quantitative estimate of drug-likeness (QED) is 0.807. The van der Waals surface area contributed by atoms with Crippen molar-refractivity contribution in [1.29, 1.82) is 0 Å². The van der Waals surface area contributed by atoms with Crippen molar-refractivity contribution >= 4 is 21.6 Å². The number of pyridine rings is 1. The van der Waals surface area contributed by atoms with E-state index in [4.69, 9.17) is 17.3 Å². The highest BCUT2D eigenvalue weighted by Gasteiger charge is 2.16. The van der Waals surface area contributed by atoms with Crippen LogP contribution in [0.3, 0.4) is 0 Å². The topological polar surface area (TPSA) is 85.1 Å². The fourth-order valence-corrected chi connectivity index (χ4v) is 2.40. The maximum Gasteiger partial charge on any atom is 0.242 e. The summed E-state index contributed by atoms with van der Waals surface area (Å²) in [7, 11) is -3.57. The number of hydrogen-bond donors (Lipinski definition) is 2. The summed E-state index contributed by atoms with van der Waals surface area (Å²) in [5.41, 5.74) is 5.32. The van der Waals surface area contributed by atoms with Gasteiger partial charge >= 0.3 is 0 Å². The van der Waals surface area contributed by atoms with Crippen LogP contribution < -0.4 is 10.5 Å². The molecule has 84 valence electrons. The van der Waals surface area contributed by atoms with E-state index in [1.807, 2.05) is 0 Å². The molecule has 0 saturated carbocycles. The lowest BCUT2D eigenvalue weighted by molar-refractivity contribution is 0.562. The van der Waals surface area contributed by atoms with Gasteiger partial charge < -0.3 is 5.73 Å². The van der Waals surface area contributed by atoms with E-state index in [2.05, 4.69) is 9.71 Å². The maximum atomic E-state index is 11.7. The second-order valence-corrected chi connectivity index (χ2v) is 5.25. The molecule has 0 unspecified atom stereocenters. The number of aromatic nitrogens is 1. The molecule has 0 radical (unpaired) electrons. The van der Waals surface area contributed by atoms with Crippen molar-refractivity contribution in [2.24, 2.45) is 5.73 Å². The number of hydrogen-bond acceptors (Lipinski definition) is 4. The number of nitrogens with two attached hydrogens (primary N) is 1. The average Bonchev–Trinajstić information content (AvgIpc) is 2.17. The monoisotopic (exact) mass is 249 g/mol. The molecular weight excluding hydrogens is 238 g/mol. The van der Waals surface area contributed by atoms with Crippen LogP contribution in [0.5, 0.6) is 0 Å². The van der Waals surface area contributed by atoms with Crippen LogP contribution in [0, 0.1) is 0 Å². The first-order chi connectivity index (χ1) is 6.95. The Morgan fingerprint density at radius 1 is 1.60 bits per heavy atom. The normalized spacial score (nSPS) is 13.8. The van der Waals surface area contributed by atoms with Gasteiger partial charge in [0.05, 0.1) is 5.02 Å². The summed E-state index contributed by atoms with van der Waals surface area (Å²) in [6, 6.07) is 1.01. The van der Waals surface area contributed by atoms with Crippen molar-refractivity contribution < 1.29 is 8.42 Å². The lowest BCUT2D eigenvalue weighted by atomic mass is 10.4. The van der Waals surface area contributed by atoms with Gasteiger partial charge in [-0.2, -0.15) is 0 Å². The number of nitrogens with zero attached hydrogens (tertiary/aromatic N) is 1. The fraction of sp³-hybridized carbons (Fsp3) is 0.375. The van der Waals surface area contributed by atoms with E-state index in [0.717, 1.165) is 0 Å². The summed E-state index contributed by atoms with van der Waals surface area (Å²) in [6.07, 6.45) is 2.60. The molecule has 0 aliphatic carbocycles. The summed E-state index contributed by atoms with van der Waals surface area (Å²) in [6.45, 7) is 1.91. The minimum Gasteiger partial charge on any atom is -0.329 e. The molecule has 0 fully saturated rings. The Hall–Kier alpha value is -0.690. The molecule has 15 heavy (non-hydrogen) atoms. The molecule has 1 rings (SSSR count). The van der Waals surface area contributed by atoms with E-state index in [0.29, 0.717) is 0 Å². The van der Waals surface area contributed by atoms with Crippen molar-refractivity contribution in [2.45, 2.75) is 17.9 Å². The number of rotatable bonds is 4. The van der Waals surface area contributed by atoms with Crippen LogP contribution in [0.4, 0.5) is 0 Å². The van der Waals surface area contributed by atoms with Crippen LogP contribution in [0.2, 0.25) is 5.02 Å². The molecule has 1 atom stereocenters. The lowest BCUT2D eigenvalue weighted by Gasteiger charge is -2.11. The van der Waals surface area contributed by atoms with E-state index in [-0.39, 0.29) is 22.5 Å². The summed E-state index contributed by atoms with van der Waals surface area (Å²) in [5.74, 6) is 0. The van der Waals surface area contributed by atoms with Crippen molar-refractivity contribution in [3.05, 3.63) is 23.5 Å². The Morgan fingerprint density at radius 3 is 2.80 bits per heavy atom. The minimum absolute atomic E-state index is 0.0373. The second kappa shape index (κ2) is 4.89. The predicted molar refractivity (Wildman–Crippen MR) is 58.1 cm³/mol. The van der Waals surface area contributed by atoms with Gasteiger partial charge in [-0.3, -0.25) is 4.98 Å². The van der Waals surface area contributed by atoms with Crippen LogP contribution in [0.1, 0.15) is 6.92 Å². The van der Waals surface area contributed by atoms with Crippen molar-refractivity contribution in [3.63, 3.8) is 0 Å². The summed E-state index contributed by atoms with van der Waals surface area (Å²) in [5, 5.41) is 0.276. The minimum atomic E-state index is -3.57. The van der Waals surface area contributed by atoms with Crippen molar-refractivity contribution in [1.82, 2.24) is 9.71 Å². The Bertz CT molecular complexity index is 435. The van der Waals surface area contributed by atoms with Crippen LogP contribution in [0.15, 0.2) is 23.4 Å². The molecule has 5 nitrogen and oxygen atoms in total. The van der Waals surface area contributed by atoms with Gasteiger partial charge in [0, 0.05) is 25.0 Å². The van der Waals surface area contributed by atoms with Gasteiger partial charge in [-0.1, -0.05) is 11.6 Å². The molecule has 1 aromatic heterocycles. The molecule has 1 aromatic rings. The van der Waals surface area contributed by atoms with Crippen LogP contribution in [-0.4, -0.2) is 26.0 Å².